The minimum absolute atomic E-state index is 0.0658. The Morgan fingerprint density at radius 1 is 1.45 bits per heavy atom. The van der Waals surface area contributed by atoms with E-state index in [9.17, 15) is 14.5 Å². The number of anilines is 1. The van der Waals surface area contributed by atoms with E-state index in [1.54, 1.807) is 0 Å². The van der Waals surface area contributed by atoms with Crippen LogP contribution >= 0.6 is 0 Å². The first-order chi connectivity index (χ1) is 9.54. The molecule has 5 nitrogen and oxygen atoms in total. The molecule has 0 amide bonds. The predicted octanol–water partition coefficient (Wildman–Crippen LogP) is 2.77. The van der Waals surface area contributed by atoms with Gasteiger partial charge in [0.2, 0.25) is 0 Å². The number of benzene rings is 1. The Balaban J connectivity index is 1.74. The van der Waals surface area contributed by atoms with Gasteiger partial charge in [-0.3, -0.25) is 15.0 Å². The third-order valence-corrected chi connectivity index (χ3v) is 4.15. The Hall–Kier alpha value is -1.69. The van der Waals surface area contributed by atoms with E-state index in [0.29, 0.717) is 12.1 Å². The molecule has 0 radical (unpaired) electrons. The largest absolute Gasteiger partial charge is 0.375 e. The van der Waals surface area contributed by atoms with Crippen LogP contribution in [0.15, 0.2) is 18.2 Å². The smallest absolute Gasteiger partial charge is 0.292 e. The highest BCUT2D eigenvalue weighted by Gasteiger charge is 2.39. The zero-order chi connectivity index (χ0) is 14.3. The summed E-state index contributed by atoms with van der Waals surface area (Å²) in [5.41, 5.74) is 0.216. The number of rotatable bonds is 4. The maximum Gasteiger partial charge on any atom is 0.292 e. The van der Waals surface area contributed by atoms with Gasteiger partial charge in [0.05, 0.1) is 4.92 Å². The molecule has 1 aromatic carbocycles. The van der Waals surface area contributed by atoms with Crippen molar-refractivity contribution in [3.63, 3.8) is 0 Å². The van der Waals surface area contributed by atoms with Crippen LogP contribution in [0.25, 0.3) is 0 Å². The fourth-order valence-corrected chi connectivity index (χ4v) is 3.08. The van der Waals surface area contributed by atoms with E-state index in [0.717, 1.165) is 19.0 Å². The van der Waals surface area contributed by atoms with E-state index in [2.05, 4.69) is 17.1 Å². The number of likely N-dealkylation sites (tertiary alicyclic amines) is 1. The monoisotopic (exact) mass is 279 g/mol. The van der Waals surface area contributed by atoms with Gasteiger partial charge in [-0.2, -0.15) is 0 Å². The lowest BCUT2D eigenvalue weighted by molar-refractivity contribution is -0.384. The Labute approximate surface area is 116 Å². The second-order valence-corrected chi connectivity index (χ2v) is 5.77. The summed E-state index contributed by atoms with van der Waals surface area (Å²) in [6.45, 7) is 3.06. The molecule has 0 aromatic heterocycles. The minimum Gasteiger partial charge on any atom is -0.375 e. The summed E-state index contributed by atoms with van der Waals surface area (Å²) in [5, 5.41) is 14.1. The van der Waals surface area contributed by atoms with Gasteiger partial charge in [0.15, 0.2) is 0 Å². The summed E-state index contributed by atoms with van der Waals surface area (Å²) in [5.74, 6) is -0.455. The number of nitro groups is 1. The van der Waals surface area contributed by atoms with E-state index in [1.807, 2.05) is 0 Å². The number of halogens is 1. The number of nitrogens with zero attached hydrogens (tertiary/aromatic N) is 2. The van der Waals surface area contributed by atoms with Crippen LogP contribution in [0.5, 0.6) is 0 Å². The highest BCUT2D eigenvalue weighted by molar-refractivity contribution is 5.62. The molecule has 0 spiro atoms. The molecule has 3 rings (SSSR count). The van der Waals surface area contributed by atoms with Gasteiger partial charge < -0.3 is 5.32 Å². The van der Waals surface area contributed by atoms with E-state index < -0.39 is 10.7 Å². The first kappa shape index (κ1) is 13.3. The molecule has 2 fully saturated rings. The molecule has 2 atom stereocenters. The fraction of sp³-hybridized carbons (Fsp3) is 0.571. The van der Waals surface area contributed by atoms with Crippen molar-refractivity contribution in [3.8, 4) is 0 Å². The topological polar surface area (TPSA) is 58.4 Å². The number of nitrogens with one attached hydrogen (secondary N) is 1. The number of hydrogen-bond acceptors (Lipinski definition) is 4. The van der Waals surface area contributed by atoms with Gasteiger partial charge in [0.1, 0.15) is 11.5 Å². The lowest BCUT2D eigenvalue weighted by Crippen LogP contribution is -2.31. The number of hydrogen-bond donors (Lipinski definition) is 1. The average Bonchev–Trinajstić information content (AvgIpc) is 3.14. The van der Waals surface area contributed by atoms with Crippen LogP contribution in [0, 0.1) is 15.9 Å². The normalized spacial score (nSPS) is 26.7. The van der Waals surface area contributed by atoms with Gasteiger partial charge in [-0.1, -0.05) is 0 Å². The molecular weight excluding hydrogens is 261 g/mol. The van der Waals surface area contributed by atoms with Crippen molar-refractivity contribution in [1.29, 1.82) is 0 Å². The quantitative estimate of drug-likeness (QED) is 0.680. The summed E-state index contributed by atoms with van der Waals surface area (Å²) < 4.78 is 13.3. The van der Waals surface area contributed by atoms with E-state index >= 15 is 0 Å². The maximum absolute atomic E-state index is 13.3. The minimum atomic E-state index is -0.473. The van der Waals surface area contributed by atoms with Crippen LogP contribution in [-0.4, -0.2) is 34.5 Å². The van der Waals surface area contributed by atoms with Crippen LogP contribution in [-0.2, 0) is 0 Å². The highest BCUT2D eigenvalue weighted by atomic mass is 19.1. The molecule has 1 aliphatic carbocycles. The number of nitro benzene ring substituents is 1. The summed E-state index contributed by atoms with van der Waals surface area (Å²) in [4.78, 5) is 13.0. The SMILES string of the molecule is CC1CC(Nc2cc(F)ccc2[N+](=O)[O-])CN1C1CC1. The molecule has 2 aliphatic rings. The van der Waals surface area contributed by atoms with Crippen LogP contribution in [0.1, 0.15) is 26.2 Å². The zero-order valence-corrected chi connectivity index (χ0v) is 11.4. The van der Waals surface area contributed by atoms with Gasteiger partial charge in [-0.15, -0.1) is 0 Å². The summed E-state index contributed by atoms with van der Waals surface area (Å²) in [7, 11) is 0. The fourth-order valence-electron chi connectivity index (χ4n) is 3.08. The van der Waals surface area contributed by atoms with Crippen molar-refractivity contribution in [2.24, 2.45) is 0 Å². The van der Waals surface area contributed by atoms with E-state index in [-0.39, 0.29) is 17.4 Å². The molecule has 1 N–H and O–H groups in total. The summed E-state index contributed by atoms with van der Waals surface area (Å²) >= 11 is 0. The maximum atomic E-state index is 13.3. The van der Waals surface area contributed by atoms with Crippen molar-refractivity contribution in [3.05, 3.63) is 34.1 Å². The van der Waals surface area contributed by atoms with Crippen LogP contribution in [0.4, 0.5) is 15.8 Å². The van der Waals surface area contributed by atoms with E-state index in [4.69, 9.17) is 0 Å². The third-order valence-electron chi connectivity index (χ3n) is 4.15. The highest BCUT2D eigenvalue weighted by Crippen LogP contribution is 2.35. The van der Waals surface area contributed by atoms with Crippen molar-refractivity contribution < 1.29 is 9.31 Å². The second-order valence-electron chi connectivity index (χ2n) is 5.77. The van der Waals surface area contributed by atoms with Crippen LogP contribution in [0.3, 0.4) is 0 Å². The van der Waals surface area contributed by atoms with Crippen molar-refractivity contribution >= 4 is 11.4 Å². The van der Waals surface area contributed by atoms with Crippen molar-refractivity contribution in [2.45, 2.75) is 44.3 Å². The molecule has 1 saturated carbocycles. The standard InChI is InChI=1S/C14H18FN3O2/c1-9-6-11(8-17(9)12-3-4-12)16-13-7-10(15)2-5-14(13)18(19)20/h2,5,7,9,11-12,16H,3-4,6,8H2,1H3. The second kappa shape index (κ2) is 5.01. The Kier molecular flexibility index (Phi) is 3.33. The molecule has 0 bridgehead atoms. The molecule has 108 valence electrons. The van der Waals surface area contributed by atoms with Crippen molar-refractivity contribution in [1.82, 2.24) is 4.90 Å². The lowest BCUT2D eigenvalue weighted by atomic mass is 10.1. The van der Waals surface area contributed by atoms with Gasteiger partial charge in [-0.25, -0.2) is 4.39 Å². The molecular formula is C14H18FN3O2. The first-order valence-corrected chi connectivity index (χ1v) is 7.01. The van der Waals surface area contributed by atoms with E-state index in [1.165, 1.54) is 25.0 Å². The average molecular weight is 279 g/mol. The molecule has 1 heterocycles. The van der Waals surface area contributed by atoms with Crippen molar-refractivity contribution in [2.75, 3.05) is 11.9 Å². The molecule has 1 aliphatic heterocycles. The molecule has 1 saturated heterocycles. The van der Waals surface area contributed by atoms with Gasteiger partial charge >= 0.3 is 0 Å². The molecule has 2 unspecified atom stereocenters. The van der Waals surface area contributed by atoms with Gasteiger partial charge in [0, 0.05) is 36.8 Å². The first-order valence-electron chi connectivity index (χ1n) is 7.01. The molecule has 20 heavy (non-hydrogen) atoms. The molecule has 6 heteroatoms. The predicted molar refractivity (Wildman–Crippen MR) is 74.3 cm³/mol. The van der Waals surface area contributed by atoms with Gasteiger partial charge in [-0.05, 0) is 32.3 Å². The van der Waals surface area contributed by atoms with Crippen LogP contribution in [0.2, 0.25) is 0 Å². The Morgan fingerprint density at radius 3 is 2.85 bits per heavy atom. The summed E-state index contributed by atoms with van der Waals surface area (Å²) in [6.07, 6.45) is 3.43. The van der Waals surface area contributed by atoms with Gasteiger partial charge in [0.25, 0.3) is 5.69 Å². The summed E-state index contributed by atoms with van der Waals surface area (Å²) in [6, 6.07) is 4.85. The Bertz CT molecular complexity index is 533. The zero-order valence-electron chi connectivity index (χ0n) is 11.4. The van der Waals surface area contributed by atoms with Crippen LogP contribution < -0.4 is 5.32 Å². The molecule has 1 aromatic rings. The third kappa shape index (κ3) is 2.60. The Morgan fingerprint density at radius 2 is 2.20 bits per heavy atom. The lowest BCUT2D eigenvalue weighted by Gasteiger charge is -2.19.